The van der Waals surface area contributed by atoms with Crippen molar-refractivity contribution in [3.63, 3.8) is 0 Å². The molecule has 0 amide bonds. The molecular weight excluding hydrogens is 156 g/mol. The van der Waals surface area contributed by atoms with E-state index in [0.717, 1.165) is 6.42 Å². The zero-order valence-corrected chi connectivity index (χ0v) is 9.22. The molecule has 0 atom stereocenters. The van der Waals surface area contributed by atoms with Crippen LogP contribution in [-0.4, -0.2) is 0 Å². The summed E-state index contributed by atoms with van der Waals surface area (Å²) in [7, 11) is 0. The van der Waals surface area contributed by atoms with Crippen LogP contribution in [0.5, 0.6) is 0 Å². The highest BCUT2D eigenvalue weighted by molar-refractivity contribution is 5.24. The monoisotopic (exact) mass is 176 g/mol. The van der Waals surface area contributed by atoms with Crippen LogP contribution in [-0.2, 0) is 6.42 Å². The number of rotatable bonds is 1. The van der Waals surface area contributed by atoms with Gasteiger partial charge in [-0.25, -0.2) is 0 Å². The molecule has 0 heteroatoms. The molecule has 0 aromatic heterocycles. The molecular formula is C13H20. The molecule has 0 nitrogen and oxygen atoms in total. The SMILES string of the molecule is C=C(C)C.CCc1ccccc1C. The molecule has 0 aliphatic heterocycles. The van der Waals surface area contributed by atoms with Crippen molar-refractivity contribution in [1.29, 1.82) is 0 Å². The fraction of sp³-hybridized carbons (Fsp3) is 0.385. The predicted octanol–water partition coefficient (Wildman–Crippen LogP) is 4.14. The zero-order chi connectivity index (χ0) is 10.3. The maximum Gasteiger partial charge on any atom is -0.0305 e. The third-order valence-electron chi connectivity index (χ3n) is 1.64. The quantitative estimate of drug-likeness (QED) is 0.564. The van der Waals surface area contributed by atoms with Crippen LogP contribution in [0.25, 0.3) is 0 Å². The normalized spacial score (nSPS) is 8.62. The average molecular weight is 176 g/mol. The lowest BCUT2D eigenvalue weighted by molar-refractivity contribution is 1.11. The summed E-state index contributed by atoms with van der Waals surface area (Å²) in [4.78, 5) is 0. The Morgan fingerprint density at radius 1 is 1.23 bits per heavy atom. The molecule has 0 aliphatic rings. The number of aryl methyl sites for hydroxylation is 2. The first-order chi connectivity index (χ1) is 6.07. The molecule has 0 radical (unpaired) electrons. The van der Waals surface area contributed by atoms with Crippen LogP contribution in [0.2, 0.25) is 0 Å². The predicted molar refractivity (Wildman–Crippen MR) is 61.0 cm³/mol. The smallest absolute Gasteiger partial charge is 0.0305 e. The molecule has 13 heavy (non-hydrogen) atoms. The summed E-state index contributed by atoms with van der Waals surface area (Å²) in [6.45, 7) is 11.8. The molecule has 0 spiro atoms. The summed E-state index contributed by atoms with van der Waals surface area (Å²) in [5, 5.41) is 0. The maximum atomic E-state index is 3.56. The lowest BCUT2D eigenvalue weighted by Gasteiger charge is -1.98. The summed E-state index contributed by atoms with van der Waals surface area (Å²) in [6, 6.07) is 8.49. The van der Waals surface area contributed by atoms with Crippen molar-refractivity contribution < 1.29 is 0 Å². The van der Waals surface area contributed by atoms with Crippen molar-refractivity contribution >= 4 is 0 Å². The number of benzene rings is 1. The first-order valence-corrected chi connectivity index (χ1v) is 4.74. The van der Waals surface area contributed by atoms with E-state index in [-0.39, 0.29) is 0 Å². The van der Waals surface area contributed by atoms with Crippen LogP contribution < -0.4 is 0 Å². The molecule has 1 aromatic carbocycles. The van der Waals surface area contributed by atoms with Crippen LogP contribution in [0.15, 0.2) is 36.4 Å². The van der Waals surface area contributed by atoms with Gasteiger partial charge in [-0.3, -0.25) is 0 Å². The highest BCUT2D eigenvalue weighted by Gasteiger charge is 1.89. The van der Waals surface area contributed by atoms with Crippen LogP contribution in [0.3, 0.4) is 0 Å². The highest BCUT2D eigenvalue weighted by atomic mass is 13.9. The molecule has 0 saturated heterocycles. The summed E-state index contributed by atoms with van der Waals surface area (Å²) in [6.07, 6.45) is 1.15. The lowest BCUT2D eigenvalue weighted by atomic mass is 10.1. The van der Waals surface area contributed by atoms with E-state index in [1.807, 2.05) is 13.8 Å². The molecule has 1 aromatic rings. The van der Waals surface area contributed by atoms with E-state index >= 15 is 0 Å². The minimum atomic E-state index is 1.15. The molecule has 1 rings (SSSR count). The van der Waals surface area contributed by atoms with Crippen LogP contribution >= 0.6 is 0 Å². The average Bonchev–Trinajstić information content (AvgIpc) is 2.04. The van der Waals surface area contributed by atoms with E-state index in [1.54, 1.807) is 0 Å². The van der Waals surface area contributed by atoms with E-state index in [0.29, 0.717) is 0 Å². The Morgan fingerprint density at radius 2 is 1.69 bits per heavy atom. The largest absolute Gasteiger partial charge is 0.100 e. The van der Waals surface area contributed by atoms with Gasteiger partial charge in [0.25, 0.3) is 0 Å². The maximum absolute atomic E-state index is 3.56. The molecule has 0 aliphatic carbocycles. The first kappa shape index (κ1) is 12.0. The third-order valence-corrected chi connectivity index (χ3v) is 1.64. The Bertz CT molecular complexity index is 254. The second kappa shape index (κ2) is 6.47. The van der Waals surface area contributed by atoms with Crippen molar-refractivity contribution in [3.8, 4) is 0 Å². The topological polar surface area (TPSA) is 0 Å². The number of hydrogen-bond donors (Lipinski definition) is 0. The van der Waals surface area contributed by atoms with E-state index in [4.69, 9.17) is 0 Å². The third kappa shape index (κ3) is 6.15. The van der Waals surface area contributed by atoms with Crippen LogP contribution in [0.4, 0.5) is 0 Å². The Labute approximate surface area is 82.3 Å². The molecule has 0 fully saturated rings. The van der Waals surface area contributed by atoms with Gasteiger partial charge in [0.1, 0.15) is 0 Å². The van der Waals surface area contributed by atoms with Crippen LogP contribution in [0.1, 0.15) is 31.9 Å². The Kier molecular flexibility index (Phi) is 5.96. The molecule has 0 heterocycles. The molecule has 0 unspecified atom stereocenters. The van der Waals surface area contributed by atoms with Gasteiger partial charge in [-0.15, -0.1) is 6.58 Å². The Hall–Kier alpha value is -1.04. The zero-order valence-electron chi connectivity index (χ0n) is 9.22. The molecule has 0 N–H and O–H groups in total. The molecule has 0 bridgehead atoms. The van der Waals surface area contributed by atoms with Crippen molar-refractivity contribution in [2.75, 3.05) is 0 Å². The van der Waals surface area contributed by atoms with Gasteiger partial charge in [0, 0.05) is 0 Å². The second-order valence-electron chi connectivity index (χ2n) is 3.49. The number of hydrogen-bond acceptors (Lipinski definition) is 0. The second-order valence-corrected chi connectivity index (χ2v) is 3.49. The fourth-order valence-electron chi connectivity index (χ4n) is 1.01. The van der Waals surface area contributed by atoms with Crippen molar-refractivity contribution in [2.45, 2.75) is 34.1 Å². The lowest BCUT2D eigenvalue weighted by Crippen LogP contribution is -1.82. The molecule has 0 saturated carbocycles. The van der Waals surface area contributed by atoms with Gasteiger partial charge >= 0.3 is 0 Å². The minimum Gasteiger partial charge on any atom is -0.100 e. The van der Waals surface area contributed by atoms with E-state index in [2.05, 4.69) is 44.7 Å². The summed E-state index contributed by atoms with van der Waals surface area (Å²) >= 11 is 0. The van der Waals surface area contributed by atoms with E-state index in [9.17, 15) is 0 Å². The fourth-order valence-corrected chi connectivity index (χ4v) is 1.01. The van der Waals surface area contributed by atoms with Gasteiger partial charge in [0.2, 0.25) is 0 Å². The van der Waals surface area contributed by atoms with Gasteiger partial charge < -0.3 is 0 Å². The minimum absolute atomic E-state index is 1.15. The Morgan fingerprint density at radius 3 is 2.00 bits per heavy atom. The first-order valence-electron chi connectivity index (χ1n) is 4.74. The van der Waals surface area contributed by atoms with Crippen molar-refractivity contribution in [2.24, 2.45) is 0 Å². The number of allylic oxidation sites excluding steroid dienone is 1. The summed E-state index contributed by atoms with van der Waals surface area (Å²) in [5.74, 6) is 0. The molecule has 72 valence electrons. The van der Waals surface area contributed by atoms with Gasteiger partial charge in [0.15, 0.2) is 0 Å². The highest BCUT2D eigenvalue weighted by Crippen LogP contribution is 2.06. The van der Waals surface area contributed by atoms with Crippen LogP contribution in [0, 0.1) is 6.92 Å². The van der Waals surface area contributed by atoms with Gasteiger partial charge in [-0.2, -0.15) is 0 Å². The standard InChI is InChI=1S/C9H12.C4H8/c1-3-9-7-5-4-6-8(9)2;1-4(2)3/h4-7H,3H2,1-2H3;1H2,2-3H3. The summed E-state index contributed by atoms with van der Waals surface area (Å²) < 4.78 is 0. The summed E-state index contributed by atoms with van der Waals surface area (Å²) in [5.41, 5.74) is 4.03. The van der Waals surface area contributed by atoms with E-state index in [1.165, 1.54) is 16.7 Å². The van der Waals surface area contributed by atoms with Gasteiger partial charge in [-0.1, -0.05) is 36.8 Å². The van der Waals surface area contributed by atoms with Gasteiger partial charge in [0.05, 0.1) is 0 Å². The van der Waals surface area contributed by atoms with Crippen molar-refractivity contribution in [1.82, 2.24) is 0 Å². The van der Waals surface area contributed by atoms with Gasteiger partial charge in [-0.05, 0) is 38.3 Å². The van der Waals surface area contributed by atoms with E-state index < -0.39 is 0 Å². The Balaban J connectivity index is 0.000000310. The van der Waals surface area contributed by atoms with Crippen molar-refractivity contribution in [3.05, 3.63) is 47.5 Å².